The molecule has 1 heterocycles. The van der Waals surface area contributed by atoms with Crippen molar-refractivity contribution in [1.82, 2.24) is 15.5 Å². The molecule has 0 aromatic rings. The summed E-state index contributed by atoms with van der Waals surface area (Å²) in [7, 11) is 0. The summed E-state index contributed by atoms with van der Waals surface area (Å²) in [6, 6.07) is 0.536. The third kappa shape index (κ3) is 8.65. The van der Waals surface area contributed by atoms with Crippen molar-refractivity contribution in [1.29, 1.82) is 0 Å². The molecule has 2 fully saturated rings. The minimum atomic E-state index is 0.404. The Morgan fingerprint density at radius 2 is 1.86 bits per heavy atom. The van der Waals surface area contributed by atoms with E-state index in [9.17, 15) is 0 Å². The van der Waals surface area contributed by atoms with Gasteiger partial charge in [-0.15, -0.1) is 11.6 Å². The molecule has 0 amide bonds. The van der Waals surface area contributed by atoms with Crippen LogP contribution in [0.4, 0.5) is 0 Å². The highest BCUT2D eigenvalue weighted by Gasteiger charge is 2.41. The lowest BCUT2D eigenvalue weighted by atomic mass is 9.64. The Kier molecular flexibility index (Phi) is 11.3. The molecule has 1 aliphatic heterocycles. The minimum absolute atomic E-state index is 0.404. The normalized spacial score (nSPS) is 29.3. The van der Waals surface area contributed by atoms with Crippen LogP contribution in [0, 0.1) is 23.2 Å². The lowest BCUT2D eigenvalue weighted by Crippen LogP contribution is -2.54. The second-order valence-electron chi connectivity index (χ2n) is 10.4. The van der Waals surface area contributed by atoms with Crippen LogP contribution in [-0.4, -0.2) is 62.4 Å². The van der Waals surface area contributed by atoms with Gasteiger partial charge < -0.3 is 20.3 Å². The molecule has 2 rings (SSSR count). The Morgan fingerprint density at radius 3 is 2.48 bits per heavy atom. The Morgan fingerprint density at radius 1 is 1.14 bits per heavy atom. The molecule has 2 atom stereocenters. The van der Waals surface area contributed by atoms with Gasteiger partial charge in [-0.2, -0.15) is 0 Å². The van der Waals surface area contributed by atoms with E-state index < -0.39 is 0 Å². The van der Waals surface area contributed by atoms with E-state index in [0.717, 1.165) is 51.2 Å². The average molecular weight is 430 g/mol. The van der Waals surface area contributed by atoms with E-state index in [2.05, 4.69) is 50.2 Å². The van der Waals surface area contributed by atoms with Crippen LogP contribution in [0.2, 0.25) is 0 Å². The maximum absolute atomic E-state index is 6.36. The topological polar surface area (TPSA) is 36.5 Å². The zero-order valence-corrected chi connectivity index (χ0v) is 20.6. The molecule has 1 saturated heterocycles. The molecule has 0 bridgehead atoms. The second-order valence-corrected chi connectivity index (χ2v) is 11.0. The quantitative estimate of drug-likeness (QED) is 0.267. The van der Waals surface area contributed by atoms with Crippen molar-refractivity contribution < 1.29 is 4.74 Å². The third-order valence-electron chi connectivity index (χ3n) is 7.26. The molecule has 29 heavy (non-hydrogen) atoms. The Labute approximate surface area is 185 Å². The summed E-state index contributed by atoms with van der Waals surface area (Å²) in [4.78, 5) is 2.72. The predicted octanol–water partition coefficient (Wildman–Crippen LogP) is 4.72. The Hall–Kier alpha value is 0.130. The highest BCUT2D eigenvalue weighted by molar-refractivity contribution is 6.20. The largest absolute Gasteiger partial charge is 0.382 e. The van der Waals surface area contributed by atoms with Gasteiger partial charge >= 0.3 is 0 Å². The van der Waals surface area contributed by atoms with Gasteiger partial charge in [-0.25, -0.2) is 0 Å². The van der Waals surface area contributed by atoms with E-state index in [0.29, 0.717) is 22.8 Å². The van der Waals surface area contributed by atoms with Crippen LogP contribution >= 0.6 is 11.6 Å². The van der Waals surface area contributed by atoms with Crippen LogP contribution in [0.3, 0.4) is 0 Å². The third-order valence-corrected chi connectivity index (χ3v) is 7.69. The van der Waals surface area contributed by atoms with Crippen LogP contribution in [-0.2, 0) is 4.74 Å². The molecule has 0 radical (unpaired) electrons. The highest BCUT2D eigenvalue weighted by atomic mass is 35.5. The molecule has 0 aromatic heterocycles. The molecule has 172 valence electrons. The van der Waals surface area contributed by atoms with Gasteiger partial charge in [0, 0.05) is 44.4 Å². The summed E-state index contributed by atoms with van der Waals surface area (Å²) < 4.78 is 5.40. The van der Waals surface area contributed by atoms with Crippen molar-refractivity contribution in [3.63, 3.8) is 0 Å². The van der Waals surface area contributed by atoms with Crippen LogP contribution in [0.25, 0.3) is 0 Å². The number of hydrogen-bond donors (Lipinski definition) is 2. The zero-order valence-electron chi connectivity index (χ0n) is 19.8. The van der Waals surface area contributed by atoms with E-state index in [1.807, 2.05) is 0 Å². The molecule has 1 saturated carbocycles. The molecule has 1 aliphatic carbocycles. The first kappa shape index (κ1) is 25.4. The van der Waals surface area contributed by atoms with E-state index >= 15 is 0 Å². The number of piperidine rings is 1. The van der Waals surface area contributed by atoms with Crippen LogP contribution < -0.4 is 10.6 Å². The fourth-order valence-corrected chi connectivity index (χ4v) is 5.77. The number of halogens is 1. The number of rotatable bonds is 12. The molecule has 0 aromatic carbocycles. The van der Waals surface area contributed by atoms with Crippen LogP contribution in [0.5, 0.6) is 0 Å². The van der Waals surface area contributed by atoms with E-state index in [1.165, 1.54) is 45.2 Å². The van der Waals surface area contributed by atoms with Crippen molar-refractivity contribution in [3.05, 3.63) is 0 Å². The monoisotopic (exact) mass is 429 g/mol. The van der Waals surface area contributed by atoms with Crippen LogP contribution in [0.1, 0.15) is 73.1 Å². The smallest absolute Gasteiger partial charge is 0.0478 e. The van der Waals surface area contributed by atoms with Gasteiger partial charge in [0.1, 0.15) is 0 Å². The first-order valence-corrected chi connectivity index (χ1v) is 12.7. The van der Waals surface area contributed by atoms with E-state index in [4.69, 9.17) is 16.3 Å². The number of ether oxygens (including phenoxy) is 1. The van der Waals surface area contributed by atoms with Gasteiger partial charge in [0.2, 0.25) is 0 Å². The molecular formula is C24H48ClN3O. The van der Waals surface area contributed by atoms with Crippen molar-refractivity contribution in [2.45, 2.75) is 84.6 Å². The van der Waals surface area contributed by atoms with Crippen molar-refractivity contribution in [2.24, 2.45) is 23.2 Å². The minimum Gasteiger partial charge on any atom is -0.382 e. The standard InChI is InChI=1S/C24H48ClN3O/c1-6-29-15-7-13-26-18-27-23(19(2)3)16-28-14-12-22(24(4,5)17-28)20-8-10-21(25)11-9-20/h19-23,26-27H,6-18H2,1-5H3/t20?,21?,22?,23-/m0/s1. The molecule has 2 N–H and O–H groups in total. The summed E-state index contributed by atoms with van der Waals surface area (Å²) in [6.07, 6.45) is 7.56. The van der Waals surface area contributed by atoms with Gasteiger partial charge in [0.05, 0.1) is 0 Å². The van der Waals surface area contributed by atoms with Gasteiger partial charge in [0.25, 0.3) is 0 Å². The number of hydrogen-bond acceptors (Lipinski definition) is 4. The SMILES string of the molecule is CCOCCCNCN[C@@H](CN1CCC(C2CCC(Cl)CC2)C(C)(C)C1)C(C)C. The number of likely N-dealkylation sites (tertiary alicyclic amines) is 1. The Balaban J connectivity index is 1.75. The van der Waals surface area contributed by atoms with E-state index in [-0.39, 0.29) is 0 Å². The number of nitrogens with zero attached hydrogens (tertiary/aromatic N) is 1. The van der Waals surface area contributed by atoms with Crippen LogP contribution in [0.15, 0.2) is 0 Å². The fourth-order valence-electron chi connectivity index (χ4n) is 5.52. The number of nitrogens with one attached hydrogen (secondary N) is 2. The summed E-state index contributed by atoms with van der Waals surface area (Å²) in [6.45, 7) is 19.0. The summed E-state index contributed by atoms with van der Waals surface area (Å²) in [5.74, 6) is 2.39. The summed E-state index contributed by atoms with van der Waals surface area (Å²) in [5, 5.41) is 7.70. The maximum Gasteiger partial charge on any atom is 0.0478 e. The highest BCUT2D eigenvalue weighted by Crippen LogP contribution is 2.45. The second kappa shape index (κ2) is 12.9. The van der Waals surface area contributed by atoms with Gasteiger partial charge in [-0.3, -0.25) is 0 Å². The lowest BCUT2D eigenvalue weighted by molar-refractivity contribution is 0.00476. The molecule has 4 nitrogen and oxygen atoms in total. The van der Waals surface area contributed by atoms with E-state index in [1.54, 1.807) is 0 Å². The molecule has 2 aliphatic rings. The van der Waals surface area contributed by atoms with Crippen molar-refractivity contribution in [3.8, 4) is 0 Å². The fraction of sp³-hybridized carbons (Fsp3) is 1.00. The number of alkyl halides is 1. The Bertz CT molecular complexity index is 438. The molecule has 5 heteroatoms. The lowest BCUT2D eigenvalue weighted by Gasteiger charge is -2.49. The average Bonchev–Trinajstić information content (AvgIpc) is 2.66. The molecular weight excluding hydrogens is 382 g/mol. The predicted molar refractivity (Wildman–Crippen MR) is 126 cm³/mol. The zero-order chi connectivity index (χ0) is 21.3. The first-order valence-electron chi connectivity index (χ1n) is 12.2. The van der Waals surface area contributed by atoms with Gasteiger partial charge in [-0.1, -0.05) is 27.7 Å². The first-order chi connectivity index (χ1) is 13.8. The maximum atomic E-state index is 6.36. The van der Waals surface area contributed by atoms with Gasteiger partial charge in [-0.05, 0) is 81.7 Å². The summed E-state index contributed by atoms with van der Waals surface area (Å²) in [5.41, 5.74) is 0.404. The van der Waals surface area contributed by atoms with Gasteiger partial charge in [0.15, 0.2) is 0 Å². The summed E-state index contributed by atoms with van der Waals surface area (Å²) >= 11 is 6.36. The molecule has 1 unspecified atom stereocenters. The van der Waals surface area contributed by atoms with Crippen molar-refractivity contribution >= 4 is 11.6 Å². The molecule has 0 spiro atoms. The van der Waals surface area contributed by atoms with Crippen molar-refractivity contribution in [2.75, 3.05) is 46.1 Å².